The molecule has 0 saturated carbocycles. The van der Waals surface area contributed by atoms with Crippen molar-refractivity contribution in [2.75, 3.05) is 11.4 Å². The fourth-order valence-electron chi connectivity index (χ4n) is 4.37. The molecule has 2 amide bonds. The molecule has 4 rings (SSSR count). The van der Waals surface area contributed by atoms with Gasteiger partial charge in [-0.05, 0) is 55.5 Å². The first-order valence-electron chi connectivity index (χ1n) is 12.1. The predicted octanol–water partition coefficient (Wildman–Crippen LogP) is 6.14. The van der Waals surface area contributed by atoms with Gasteiger partial charge in [-0.3, -0.25) is 9.59 Å². The van der Waals surface area contributed by atoms with Crippen molar-refractivity contribution in [2.24, 2.45) is 0 Å². The van der Waals surface area contributed by atoms with Crippen LogP contribution < -0.4 is 4.90 Å². The number of anilines is 1. The molecule has 0 bridgehead atoms. The van der Waals surface area contributed by atoms with E-state index in [4.69, 9.17) is 0 Å². The van der Waals surface area contributed by atoms with Crippen LogP contribution in [0.15, 0.2) is 84.6 Å². The second kappa shape index (κ2) is 10.5. The van der Waals surface area contributed by atoms with Gasteiger partial charge in [0.1, 0.15) is 5.70 Å². The fourth-order valence-corrected chi connectivity index (χ4v) is 4.37. The Labute approximate surface area is 202 Å². The normalized spacial score (nSPS) is 13.7. The van der Waals surface area contributed by atoms with E-state index in [-0.39, 0.29) is 11.8 Å². The lowest BCUT2D eigenvalue weighted by molar-refractivity contribution is -0.120. The topological polar surface area (TPSA) is 40.6 Å². The summed E-state index contributed by atoms with van der Waals surface area (Å²) < 4.78 is 0. The third kappa shape index (κ3) is 4.81. The minimum absolute atomic E-state index is 0.264. The van der Waals surface area contributed by atoms with E-state index in [9.17, 15) is 9.59 Å². The lowest BCUT2D eigenvalue weighted by atomic mass is 10.0. The van der Waals surface area contributed by atoms with E-state index in [0.29, 0.717) is 30.0 Å². The molecule has 4 nitrogen and oxygen atoms in total. The summed E-state index contributed by atoms with van der Waals surface area (Å²) in [6.07, 6.45) is 3.25. The molecule has 0 aliphatic carbocycles. The van der Waals surface area contributed by atoms with Crippen LogP contribution in [0.25, 0.3) is 5.57 Å². The Kier molecular flexibility index (Phi) is 7.27. The van der Waals surface area contributed by atoms with Gasteiger partial charge in [0.25, 0.3) is 11.8 Å². The first-order chi connectivity index (χ1) is 16.5. The Morgan fingerprint density at radius 3 is 2.06 bits per heavy atom. The van der Waals surface area contributed by atoms with Crippen molar-refractivity contribution < 1.29 is 9.59 Å². The zero-order chi connectivity index (χ0) is 24.1. The summed E-state index contributed by atoms with van der Waals surface area (Å²) in [4.78, 5) is 30.9. The second-order valence-corrected chi connectivity index (χ2v) is 8.81. The van der Waals surface area contributed by atoms with Crippen LogP contribution in [0.5, 0.6) is 0 Å². The fraction of sp³-hybridized carbons (Fsp3) is 0.267. The van der Waals surface area contributed by atoms with E-state index in [2.05, 4.69) is 6.92 Å². The monoisotopic (exact) mass is 452 g/mol. The summed E-state index contributed by atoms with van der Waals surface area (Å²) >= 11 is 0. The van der Waals surface area contributed by atoms with Crippen LogP contribution in [0, 0.1) is 6.92 Å². The number of nitrogens with zero attached hydrogens (tertiary/aromatic N) is 2. The Morgan fingerprint density at radius 1 is 0.765 bits per heavy atom. The highest BCUT2D eigenvalue weighted by Gasteiger charge is 2.42. The molecule has 174 valence electrons. The summed E-state index contributed by atoms with van der Waals surface area (Å²) in [6.45, 7) is 7.38. The molecule has 0 saturated heterocycles. The molecule has 0 N–H and O–H groups in total. The number of unbranched alkanes of at least 4 members (excludes halogenated alkanes) is 1. The average Bonchev–Trinajstić information content (AvgIpc) is 3.12. The van der Waals surface area contributed by atoms with Gasteiger partial charge in [0, 0.05) is 13.1 Å². The number of aryl methyl sites for hydroxylation is 2. The molecular weight excluding hydrogens is 420 g/mol. The van der Waals surface area contributed by atoms with E-state index in [0.717, 1.165) is 36.0 Å². The Balaban J connectivity index is 1.75. The third-order valence-corrected chi connectivity index (χ3v) is 6.33. The van der Waals surface area contributed by atoms with Crippen LogP contribution in [0.1, 0.15) is 48.9 Å². The molecule has 0 unspecified atom stereocenters. The van der Waals surface area contributed by atoms with Gasteiger partial charge < -0.3 is 4.90 Å². The highest BCUT2D eigenvalue weighted by Crippen LogP contribution is 2.35. The van der Waals surface area contributed by atoms with Gasteiger partial charge in [-0.15, -0.1) is 0 Å². The number of carbonyl (C=O) groups is 2. The summed E-state index contributed by atoms with van der Waals surface area (Å²) in [5.74, 6) is -0.531. The van der Waals surface area contributed by atoms with Gasteiger partial charge in [-0.25, -0.2) is 4.90 Å². The highest BCUT2D eigenvalue weighted by atomic mass is 16.2. The molecule has 0 atom stereocenters. The number of benzene rings is 3. The summed E-state index contributed by atoms with van der Waals surface area (Å²) in [6, 6.07) is 25.7. The van der Waals surface area contributed by atoms with Crippen molar-refractivity contribution >= 4 is 23.1 Å². The molecule has 4 heteroatoms. The second-order valence-electron chi connectivity index (χ2n) is 8.81. The molecule has 3 aromatic carbocycles. The number of imide groups is 1. The van der Waals surface area contributed by atoms with Crippen molar-refractivity contribution in [3.8, 4) is 0 Å². The molecule has 0 fully saturated rings. The molecule has 0 aromatic heterocycles. The standard InChI is InChI=1S/C30H32N2O2/c1-4-6-10-23-15-19-26(20-16-23)32-29(33)27(25-17-13-22(3)14-18-25)28(30(32)34)31(5-2)21-24-11-8-7-9-12-24/h7-9,11-20H,4-6,10,21H2,1-3H3. The van der Waals surface area contributed by atoms with Crippen molar-refractivity contribution in [3.05, 3.63) is 107 Å². The summed E-state index contributed by atoms with van der Waals surface area (Å²) in [7, 11) is 0. The number of carbonyl (C=O) groups excluding carboxylic acids is 2. The maximum atomic E-state index is 13.8. The van der Waals surface area contributed by atoms with Gasteiger partial charge in [0.15, 0.2) is 0 Å². The van der Waals surface area contributed by atoms with E-state index >= 15 is 0 Å². The zero-order valence-electron chi connectivity index (χ0n) is 20.3. The first-order valence-corrected chi connectivity index (χ1v) is 12.1. The maximum Gasteiger partial charge on any atom is 0.282 e. The Bertz CT molecular complexity index is 1180. The third-order valence-electron chi connectivity index (χ3n) is 6.33. The smallest absolute Gasteiger partial charge is 0.282 e. The SMILES string of the molecule is CCCCc1ccc(N2C(=O)C(c3ccc(C)cc3)=C(N(CC)Cc3ccccc3)C2=O)cc1. The average molecular weight is 453 g/mol. The van der Waals surface area contributed by atoms with Crippen molar-refractivity contribution in [3.63, 3.8) is 0 Å². The molecule has 3 aromatic rings. The number of hydrogen-bond donors (Lipinski definition) is 0. The van der Waals surface area contributed by atoms with Gasteiger partial charge >= 0.3 is 0 Å². The Hall–Kier alpha value is -3.66. The van der Waals surface area contributed by atoms with Crippen LogP contribution in [0.3, 0.4) is 0 Å². The highest BCUT2D eigenvalue weighted by molar-refractivity contribution is 6.45. The van der Waals surface area contributed by atoms with Gasteiger partial charge in [0.05, 0.1) is 11.3 Å². The molecule has 1 heterocycles. The first kappa shape index (κ1) is 23.5. The minimum Gasteiger partial charge on any atom is -0.362 e. The summed E-state index contributed by atoms with van der Waals surface area (Å²) in [5, 5.41) is 0. The maximum absolute atomic E-state index is 13.8. The predicted molar refractivity (Wildman–Crippen MR) is 138 cm³/mol. The molecule has 1 aliphatic heterocycles. The number of amides is 2. The number of hydrogen-bond acceptors (Lipinski definition) is 3. The Morgan fingerprint density at radius 2 is 1.44 bits per heavy atom. The van der Waals surface area contributed by atoms with Crippen molar-refractivity contribution in [2.45, 2.75) is 46.6 Å². The van der Waals surface area contributed by atoms with E-state index < -0.39 is 0 Å². The van der Waals surface area contributed by atoms with Crippen LogP contribution in [-0.2, 0) is 22.6 Å². The molecular formula is C30H32N2O2. The largest absolute Gasteiger partial charge is 0.362 e. The van der Waals surface area contributed by atoms with E-state index in [1.807, 2.05) is 97.6 Å². The van der Waals surface area contributed by atoms with Crippen LogP contribution >= 0.6 is 0 Å². The van der Waals surface area contributed by atoms with E-state index in [1.165, 1.54) is 10.5 Å². The zero-order valence-corrected chi connectivity index (χ0v) is 20.3. The number of rotatable bonds is 9. The lowest BCUT2D eigenvalue weighted by Gasteiger charge is -2.25. The van der Waals surface area contributed by atoms with Gasteiger partial charge in [0.2, 0.25) is 0 Å². The van der Waals surface area contributed by atoms with Crippen LogP contribution in [-0.4, -0.2) is 23.3 Å². The molecule has 0 radical (unpaired) electrons. The van der Waals surface area contributed by atoms with Crippen molar-refractivity contribution in [1.29, 1.82) is 0 Å². The van der Waals surface area contributed by atoms with Gasteiger partial charge in [-0.2, -0.15) is 0 Å². The van der Waals surface area contributed by atoms with Crippen molar-refractivity contribution in [1.82, 2.24) is 4.90 Å². The quantitative estimate of drug-likeness (QED) is 0.366. The minimum atomic E-state index is -0.267. The molecule has 0 spiro atoms. The van der Waals surface area contributed by atoms with Gasteiger partial charge in [-0.1, -0.05) is 85.6 Å². The van der Waals surface area contributed by atoms with E-state index in [1.54, 1.807) is 0 Å². The number of likely N-dealkylation sites (N-methyl/N-ethyl adjacent to an activating group) is 1. The molecule has 1 aliphatic rings. The van der Waals surface area contributed by atoms with Crippen LogP contribution in [0.2, 0.25) is 0 Å². The summed E-state index contributed by atoms with van der Waals surface area (Å²) in [5.41, 5.74) is 5.75. The lowest BCUT2D eigenvalue weighted by Crippen LogP contribution is -2.35. The van der Waals surface area contributed by atoms with Crippen LogP contribution in [0.4, 0.5) is 5.69 Å². The molecule has 34 heavy (non-hydrogen) atoms.